The molecule has 0 bridgehead atoms. The van der Waals surface area contributed by atoms with Crippen LogP contribution in [0.2, 0.25) is 0 Å². The number of aryl methyl sites for hydroxylation is 2. The Hall–Kier alpha value is -2.71. The van der Waals surface area contributed by atoms with Gasteiger partial charge in [-0.3, -0.25) is 4.98 Å². The van der Waals surface area contributed by atoms with E-state index in [1.165, 1.54) is 12.3 Å². The first-order valence-corrected chi connectivity index (χ1v) is 8.80. The monoisotopic (exact) mass is 345 g/mol. The van der Waals surface area contributed by atoms with E-state index in [9.17, 15) is 0 Å². The smallest absolute Gasteiger partial charge is 0.0719 e. The molecule has 0 N–H and O–H groups in total. The van der Waals surface area contributed by atoms with Gasteiger partial charge in [-0.25, -0.2) is 0 Å². The second-order valence-corrected chi connectivity index (χ2v) is 7.15. The van der Waals surface area contributed by atoms with Gasteiger partial charge in [-0.15, -0.1) is 11.3 Å². The standard InChI is InChI=1S/C23H17NS/c1-14-10-21(24-13-15(14)2)19-9-5-8-18-20-11-16-6-3-4-7-17(16)12-22(20)25-23(18)19/h3-13H,1-2H3/i1D3,2D3. The van der Waals surface area contributed by atoms with Gasteiger partial charge in [0.25, 0.3) is 0 Å². The number of fused-ring (bicyclic) bond motifs is 4. The highest BCUT2D eigenvalue weighted by molar-refractivity contribution is 7.26. The summed E-state index contributed by atoms with van der Waals surface area (Å²) in [6.07, 6.45) is 1.19. The van der Waals surface area contributed by atoms with Crippen LogP contribution >= 0.6 is 11.3 Å². The van der Waals surface area contributed by atoms with Crippen LogP contribution in [0.1, 0.15) is 19.4 Å². The summed E-state index contributed by atoms with van der Waals surface area (Å²) in [6.45, 7) is -5.09. The van der Waals surface area contributed by atoms with Crippen LogP contribution in [0.4, 0.5) is 0 Å². The number of hydrogen-bond donors (Lipinski definition) is 0. The molecule has 2 aromatic heterocycles. The number of hydrogen-bond acceptors (Lipinski definition) is 2. The quantitative estimate of drug-likeness (QED) is 0.322. The molecule has 2 heterocycles. The van der Waals surface area contributed by atoms with Gasteiger partial charge < -0.3 is 0 Å². The van der Waals surface area contributed by atoms with Crippen LogP contribution in [0.5, 0.6) is 0 Å². The van der Waals surface area contributed by atoms with Gasteiger partial charge in [0, 0.05) is 40.2 Å². The van der Waals surface area contributed by atoms with Crippen molar-refractivity contribution in [3.8, 4) is 11.3 Å². The lowest BCUT2D eigenvalue weighted by molar-refractivity contribution is 1.22. The third kappa shape index (κ3) is 2.25. The fourth-order valence-corrected chi connectivity index (χ4v) is 4.54. The highest BCUT2D eigenvalue weighted by Crippen LogP contribution is 2.41. The van der Waals surface area contributed by atoms with E-state index in [4.69, 9.17) is 8.22 Å². The van der Waals surface area contributed by atoms with Crippen molar-refractivity contribution in [2.45, 2.75) is 13.7 Å². The molecule has 120 valence electrons. The van der Waals surface area contributed by atoms with Gasteiger partial charge in [-0.2, -0.15) is 0 Å². The van der Waals surface area contributed by atoms with Crippen LogP contribution in [-0.2, 0) is 0 Å². The molecule has 0 amide bonds. The predicted octanol–water partition coefficient (Wildman–Crippen LogP) is 6.89. The Morgan fingerprint density at radius 3 is 2.52 bits per heavy atom. The number of nitrogens with zero attached hydrogens (tertiary/aromatic N) is 1. The molecule has 0 fully saturated rings. The Morgan fingerprint density at radius 2 is 1.68 bits per heavy atom. The lowest BCUT2D eigenvalue weighted by Gasteiger charge is -2.06. The van der Waals surface area contributed by atoms with Gasteiger partial charge in [0.05, 0.1) is 5.69 Å². The zero-order valence-electron chi connectivity index (χ0n) is 19.2. The maximum atomic E-state index is 7.84. The number of benzene rings is 3. The minimum absolute atomic E-state index is 0.179. The zero-order valence-corrected chi connectivity index (χ0v) is 14.0. The van der Waals surface area contributed by atoms with E-state index in [2.05, 4.69) is 29.2 Å². The first-order chi connectivity index (χ1) is 14.6. The number of thiophene rings is 1. The molecule has 25 heavy (non-hydrogen) atoms. The Balaban J connectivity index is 1.78. The molecule has 0 atom stereocenters. The van der Waals surface area contributed by atoms with Crippen LogP contribution in [0, 0.1) is 13.7 Å². The molecule has 5 rings (SSSR count). The van der Waals surface area contributed by atoms with Crippen LogP contribution < -0.4 is 0 Å². The van der Waals surface area contributed by atoms with Gasteiger partial charge >= 0.3 is 0 Å². The van der Waals surface area contributed by atoms with E-state index in [1.54, 1.807) is 11.3 Å². The predicted molar refractivity (Wildman–Crippen MR) is 110 cm³/mol. The Labute approximate surface area is 159 Å². The van der Waals surface area contributed by atoms with Crippen molar-refractivity contribution < 1.29 is 8.22 Å². The lowest BCUT2D eigenvalue weighted by Crippen LogP contribution is -1.88. The summed E-state index contributed by atoms with van der Waals surface area (Å²) in [5.74, 6) is 0. The maximum absolute atomic E-state index is 7.84. The summed E-state index contributed by atoms with van der Waals surface area (Å²) < 4.78 is 48.7. The third-order valence-electron chi connectivity index (χ3n) is 4.55. The van der Waals surface area contributed by atoms with Crippen LogP contribution in [-0.4, -0.2) is 4.98 Å². The van der Waals surface area contributed by atoms with Crippen molar-refractivity contribution in [2.75, 3.05) is 0 Å². The van der Waals surface area contributed by atoms with Crippen LogP contribution in [0.25, 0.3) is 42.2 Å². The largest absolute Gasteiger partial charge is 0.256 e. The molecule has 0 spiro atoms. The Kier molecular flexibility index (Phi) is 2.09. The minimum Gasteiger partial charge on any atom is -0.256 e. The fraction of sp³-hybridized carbons (Fsp3) is 0.0870. The lowest BCUT2D eigenvalue weighted by atomic mass is 10.0. The van der Waals surface area contributed by atoms with Gasteiger partial charge in [0.1, 0.15) is 0 Å². The van der Waals surface area contributed by atoms with E-state index in [0.717, 1.165) is 36.5 Å². The second kappa shape index (κ2) is 5.40. The zero-order chi connectivity index (χ0) is 22.0. The fourth-order valence-electron chi connectivity index (χ4n) is 3.29. The number of pyridine rings is 1. The SMILES string of the molecule is [2H]C([2H])([2H])c1cnc(-c2cccc3c2sc2cc4ccccc4cc23)cc1C([2H])([2H])[2H]. The molecule has 0 unspecified atom stereocenters. The summed E-state index contributed by atoms with van der Waals surface area (Å²) in [6, 6.07) is 19.8. The van der Waals surface area contributed by atoms with E-state index in [-0.39, 0.29) is 11.1 Å². The summed E-state index contributed by atoms with van der Waals surface area (Å²) in [7, 11) is 0. The molecule has 5 aromatic rings. The number of aromatic nitrogens is 1. The summed E-state index contributed by atoms with van der Waals surface area (Å²) in [4.78, 5) is 4.36. The molecule has 0 aliphatic rings. The molecule has 1 nitrogen and oxygen atoms in total. The summed E-state index contributed by atoms with van der Waals surface area (Å²) in [5.41, 5.74) is 0.846. The molecule has 3 aromatic carbocycles. The average molecular weight is 345 g/mol. The average Bonchev–Trinajstić information content (AvgIpc) is 3.08. The molecule has 2 heteroatoms. The number of rotatable bonds is 1. The maximum Gasteiger partial charge on any atom is 0.0719 e. The molecule has 0 aliphatic carbocycles. The highest BCUT2D eigenvalue weighted by atomic mass is 32.1. The first kappa shape index (κ1) is 9.69. The second-order valence-electron chi connectivity index (χ2n) is 6.09. The van der Waals surface area contributed by atoms with Crippen molar-refractivity contribution in [3.05, 3.63) is 78.0 Å². The van der Waals surface area contributed by atoms with Crippen molar-refractivity contribution in [2.24, 2.45) is 0 Å². The topological polar surface area (TPSA) is 12.9 Å². The normalized spacial score (nSPS) is 16.2. The molecular weight excluding hydrogens is 322 g/mol. The van der Waals surface area contributed by atoms with E-state index in [1.807, 2.05) is 30.3 Å². The molecule has 0 radical (unpaired) electrons. The van der Waals surface area contributed by atoms with Gasteiger partial charge in [0.15, 0.2) is 0 Å². The van der Waals surface area contributed by atoms with Crippen molar-refractivity contribution in [1.82, 2.24) is 4.98 Å². The Morgan fingerprint density at radius 1 is 0.840 bits per heavy atom. The van der Waals surface area contributed by atoms with Gasteiger partial charge in [-0.05, 0) is 53.8 Å². The molecular formula is C23H17NS. The van der Waals surface area contributed by atoms with E-state index >= 15 is 0 Å². The van der Waals surface area contributed by atoms with Crippen molar-refractivity contribution in [1.29, 1.82) is 0 Å². The molecule has 0 saturated carbocycles. The molecule has 0 aliphatic heterocycles. The Bertz CT molecular complexity index is 1460. The van der Waals surface area contributed by atoms with Gasteiger partial charge in [0.2, 0.25) is 0 Å². The highest BCUT2D eigenvalue weighted by Gasteiger charge is 2.12. The van der Waals surface area contributed by atoms with E-state index < -0.39 is 13.7 Å². The summed E-state index contributed by atoms with van der Waals surface area (Å²) in [5, 5.41) is 4.52. The van der Waals surface area contributed by atoms with Crippen molar-refractivity contribution in [3.63, 3.8) is 0 Å². The minimum atomic E-state index is -2.55. The summed E-state index contributed by atoms with van der Waals surface area (Å²) >= 11 is 1.63. The van der Waals surface area contributed by atoms with Gasteiger partial charge in [-0.1, -0.05) is 42.5 Å². The first-order valence-electron chi connectivity index (χ1n) is 11.0. The van der Waals surface area contributed by atoms with Crippen LogP contribution in [0.3, 0.4) is 0 Å². The van der Waals surface area contributed by atoms with Crippen molar-refractivity contribution >= 4 is 42.3 Å². The van der Waals surface area contributed by atoms with E-state index in [0.29, 0.717) is 5.69 Å². The van der Waals surface area contributed by atoms with Crippen LogP contribution in [0.15, 0.2) is 66.9 Å². The molecule has 0 saturated heterocycles. The third-order valence-corrected chi connectivity index (χ3v) is 5.75.